The number of thioether (sulfide) groups is 1. The molecule has 2 rings (SSSR count). The molecule has 1 aromatic carbocycles. The van der Waals surface area contributed by atoms with Gasteiger partial charge in [-0.25, -0.2) is 0 Å². The third kappa shape index (κ3) is 3.72. The van der Waals surface area contributed by atoms with Crippen LogP contribution >= 0.6 is 23.4 Å². The number of aromatic hydroxyl groups is 1. The Morgan fingerprint density at radius 2 is 2.09 bits per heavy atom. The van der Waals surface area contributed by atoms with Crippen molar-refractivity contribution < 1.29 is 5.11 Å². The summed E-state index contributed by atoms with van der Waals surface area (Å²) in [4.78, 5) is 16.5. The summed E-state index contributed by atoms with van der Waals surface area (Å²) in [5.74, 6) is 0.442. The van der Waals surface area contributed by atoms with Gasteiger partial charge in [-0.05, 0) is 24.1 Å². The number of hydrogen-bond donors (Lipinski definition) is 1. The van der Waals surface area contributed by atoms with E-state index in [2.05, 4.69) is 11.6 Å². The molecule has 0 spiro atoms. The molecule has 0 amide bonds. The lowest BCUT2D eigenvalue weighted by Crippen LogP contribution is -2.25. The fourth-order valence-electron chi connectivity index (χ4n) is 2.00. The van der Waals surface area contributed by atoms with E-state index in [1.807, 2.05) is 31.2 Å². The maximum absolute atomic E-state index is 12.4. The molecule has 116 valence electrons. The van der Waals surface area contributed by atoms with Crippen LogP contribution in [0.2, 0.25) is 5.02 Å². The second-order valence-corrected chi connectivity index (χ2v) is 6.05. The van der Waals surface area contributed by atoms with Crippen molar-refractivity contribution in [2.24, 2.45) is 0 Å². The molecule has 1 aromatic heterocycles. The average Bonchev–Trinajstić information content (AvgIpc) is 2.50. The summed E-state index contributed by atoms with van der Waals surface area (Å²) in [6, 6.07) is 7.48. The monoisotopic (exact) mass is 336 g/mol. The van der Waals surface area contributed by atoms with Crippen LogP contribution in [-0.2, 0) is 18.7 Å². The first-order valence-electron chi connectivity index (χ1n) is 6.87. The minimum absolute atomic E-state index is 0.189. The molecular formula is C16H17ClN2O2S. The Kier molecular flexibility index (Phi) is 5.69. The number of allylic oxidation sites excluding steroid dienone is 1. The van der Waals surface area contributed by atoms with Crippen molar-refractivity contribution in [3.63, 3.8) is 0 Å². The van der Waals surface area contributed by atoms with Crippen LogP contribution in [-0.4, -0.2) is 14.7 Å². The topological polar surface area (TPSA) is 55.1 Å². The highest BCUT2D eigenvalue weighted by Crippen LogP contribution is 2.24. The number of aromatic nitrogens is 2. The Morgan fingerprint density at radius 3 is 2.68 bits per heavy atom. The summed E-state index contributed by atoms with van der Waals surface area (Å²) < 4.78 is 1.53. The van der Waals surface area contributed by atoms with Crippen molar-refractivity contribution in [3.8, 4) is 5.88 Å². The highest BCUT2D eigenvalue weighted by atomic mass is 35.5. The lowest BCUT2D eigenvalue weighted by atomic mass is 10.2. The summed E-state index contributed by atoms with van der Waals surface area (Å²) in [7, 11) is 0. The summed E-state index contributed by atoms with van der Waals surface area (Å²) in [6.45, 7) is 5.85. The molecule has 22 heavy (non-hydrogen) atoms. The SMILES string of the molecule is C=CCn1c(SCc2ccc(Cl)cc2)nc(O)c(CC)c1=O. The van der Waals surface area contributed by atoms with E-state index in [-0.39, 0.29) is 11.4 Å². The molecule has 0 fully saturated rings. The quantitative estimate of drug-likeness (QED) is 0.497. The van der Waals surface area contributed by atoms with E-state index in [1.165, 1.54) is 16.3 Å². The molecular weight excluding hydrogens is 320 g/mol. The van der Waals surface area contributed by atoms with Gasteiger partial charge in [0.2, 0.25) is 5.88 Å². The first-order valence-corrected chi connectivity index (χ1v) is 8.24. The van der Waals surface area contributed by atoms with E-state index in [9.17, 15) is 9.90 Å². The first-order chi connectivity index (χ1) is 10.6. The number of hydrogen-bond acceptors (Lipinski definition) is 4. The maximum Gasteiger partial charge on any atom is 0.261 e. The van der Waals surface area contributed by atoms with Crippen LogP contribution in [0, 0.1) is 0 Å². The highest BCUT2D eigenvalue weighted by molar-refractivity contribution is 7.98. The van der Waals surface area contributed by atoms with Gasteiger partial charge in [-0.15, -0.1) is 6.58 Å². The van der Waals surface area contributed by atoms with Crippen LogP contribution in [0.5, 0.6) is 5.88 Å². The number of rotatable bonds is 6. The van der Waals surface area contributed by atoms with Gasteiger partial charge in [0, 0.05) is 17.3 Å². The Balaban J connectivity index is 2.31. The van der Waals surface area contributed by atoms with Crippen LogP contribution < -0.4 is 5.56 Å². The molecule has 0 bridgehead atoms. The van der Waals surface area contributed by atoms with Crippen molar-refractivity contribution in [3.05, 3.63) is 63.4 Å². The normalized spacial score (nSPS) is 10.6. The van der Waals surface area contributed by atoms with Crippen molar-refractivity contribution in [2.75, 3.05) is 0 Å². The predicted molar refractivity (Wildman–Crippen MR) is 90.7 cm³/mol. The zero-order valence-corrected chi connectivity index (χ0v) is 13.8. The number of halogens is 1. The molecule has 0 saturated heterocycles. The van der Waals surface area contributed by atoms with Gasteiger partial charge in [-0.1, -0.05) is 48.5 Å². The molecule has 0 aliphatic rings. The minimum Gasteiger partial charge on any atom is -0.493 e. The molecule has 1 N–H and O–H groups in total. The number of nitrogens with zero attached hydrogens (tertiary/aromatic N) is 2. The van der Waals surface area contributed by atoms with Gasteiger partial charge in [0.1, 0.15) is 0 Å². The minimum atomic E-state index is -0.214. The summed E-state index contributed by atoms with van der Waals surface area (Å²) in [5.41, 5.74) is 1.18. The summed E-state index contributed by atoms with van der Waals surface area (Å²) >= 11 is 7.26. The lowest BCUT2D eigenvalue weighted by molar-refractivity contribution is 0.427. The van der Waals surface area contributed by atoms with Gasteiger partial charge in [-0.2, -0.15) is 4.98 Å². The molecule has 2 aromatic rings. The van der Waals surface area contributed by atoms with Crippen LogP contribution in [0.3, 0.4) is 0 Å². The second kappa shape index (κ2) is 7.51. The average molecular weight is 337 g/mol. The van der Waals surface area contributed by atoms with Gasteiger partial charge in [0.25, 0.3) is 5.56 Å². The van der Waals surface area contributed by atoms with E-state index in [0.717, 1.165) is 5.56 Å². The van der Waals surface area contributed by atoms with Crippen molar-refractivity contribution in [1.29, 1.82) is 0 Å². The van der Waals surface area contributed by atoms with Crippen LogP contribution in [0.1, 0.15) is 18.1 Å². The fourth-order valence-corrected chi connectivity index (χ4v) is 3.08. The predicted octanol–water partition coefficient (Wildman–Crippen LogP) is 3.64. The zero-order chi connectivity index (χ0) is 16.1. The highest BCUT2D eigenvalue weighted by Gasteiger charge is 2.14. The summed E-state index contributed by atoms with van der Waals surface area (Å²) in [6.07, 6.45) is 2.09. The van der Waals surface area contributed by atoms with Gasteiger partial charge in [0.05, 0.1) is 5.56 Å². The Bertz CT molecular complexity index is 726. The molecule has 0 aliphatic heterocycles. The van der Waals surface area contributed by atoms with Crippen LogP contribution in [0.4, 0.5) is 0 Å². The van der Waals surface area contributed by atoms with E-state index in [0.29, 0.717) is 34.5 Å². The van der Waals surface area contributed by atoms with Gasteiger partial charge in [0.15, 0.2) is 5.16 Å². The smallest absolute Gasteiger partial charge is 0.261 e. The van der Waals surface area contributed by atoms with Crippen molar-refractivity contribution in [1.82, 2.24) is 9.55 Å². The van der Waals surface area contributed by atoms with E-state index >= 15 is 0 Å². The molecule has 0 aliphatic carbocycles. The van der Waals surface area contributed by atoms with Crippen LogP contribution in [0.15, 0.2) is 46.9 Å². The maximum atomic E-state index is 12.4. The van der Waals surface area contributed by atoms with Crippen LogP contribution in [0.25, 0.3) is 0 Å². The first kappa shape index (κ1) is 16.6. The van der Waals surface area contributed by atoms with E-state index in [1.54, 1.807) is 6.08 Å². The summed E-state index contributed by atoms with van der Waals surface area (Å²) in [5, 5.41) is 11.1. The molecule has 0 unspecified atom stereocenters. The van der Waals surface area contributed by atoms with E-state index in [4.69, 9.17) is 11.6 Å². The molecule has 1 heterocycles. The molecule has 0 saturated carbocycles. The molecule has 6 heteroatoms. The third-order valence-electron chi connectivity index (χ3n) is 3.15. The van der Waals surface area contributed by atoms with Gasteiger partial charge >= 0.3 is 0 Å². The zero-order valence-electron chi connectivity index (χ0n) is 12.3. The second-order valence-electron chi connectivity index (χ2n) is 4.67. The Morgan fingerprint density at radius 1 is 1.41 bits per heavy atom. The van der Waals surface area contributed by atoms with Gasteiger partial charge in [-0.3, -0.25) is 9.36 Å². The standard InChI is InChI=1S/C16H17ClN2O2S/c1-3-9-19-15(21)13(4-2)14(20)18-16(19)22-10-11-5-7-12(17)8-6-11/h3,5-8,20H,1,4,9-10H2,2H3. The van der Waals surface area contributed by atoms with Crippen molar-refractivity contribution in [2.45, 2.75) is 30.8 Å². The Labute approximate surface area is 138 Å². The van der Waals surface area contributed by atoms with E-state index < -0.39 is 0 Å². The third-order valence-corrected chi connectivity index (χ3v) is 4.45. The van der Waals surface area contributed by atoms with Gasteiger partial charge < -0.3 is 5.11 Å². The lowest BCUT2D eigenvalue weighted by Gasteiger charge is -2.12. The number of benzene rings is 1. The fraction of sp³-hybridized carbons (Fsp3) is 0.250. The molecule has 4 nitrogen and oxygen atoms in total. The molecule has 0 atom stereocenters. The largest absolute Gasteiger partial charge is 0.493 e. The molecule has 0 radical (unpaired) electrons. The van der Waals surface area contributed by atoms with Crippen molar-refractivity contribution >= 4 is 23.4 Å². The Hall–Kier alpha value is -1.72.